The fraction of sp³-hybridized carbons (Fsp3) is 0.438. The highest BCUT2D eigenvalue weighted by atomic mass is 16.5. The van der Waals surface area contributed by atoms with E-state index in [9.17, 15) is 4.79 Å². The van der Waals surface area contributed by atoms with Crippen molar-refractivity contribution in [3.05, 3.63) is 42.0 Å². The van der Waals surface area contributed by atoms with E-state index in [0.29, 0.717) is 0 Å². The van der Waals surface area contributed by atoms with Crippen LogP contribution in [0.2, 0.25) is 0 Å². The van der Waals surface area contributed by atoms with Gasteiger partial charge in [-0.3, -0.25) is 9.69 Å². The topological polar surface area (TPSA) is 32.8 Å². The summed E-state index contributed by atoms with van der Waals surface area (Å²) in [7, 11) is 1.56. The van der Waals surface area contributed by atoms with Crippen molar-refractivity contribution >= 4 is 12.0 Å². The molecule has 0 radical (unpaired) electrons. The zero-order valence-electron chi connectivity index (χ0n) is 12.0. The highest BCUT2D eigenvalue weighted by molar-refractivity contribution is 5.77. The Kier molecular flexibility index (Phi) is 5.77. The Morgan fingerprint density at radius 2 is 1.90 bits per heavy atom. The molecule has 0 N–H and O–H groups in total. The van der Waals surface area contributed by atoms with Gasteiger partial charge in [0.2, 0.25) is 5.91 Å². The van der Waals surface area contributed by atoms with Crippen LogP contribution >= 0.6 is 0 Å². The number of benzene rings is 1. The van der Waals surface area contributed by atoms with Crippen LogP contribution < -0.4 is 0 Å². The summed E-state index contributed by atoms with van der Waals surface area (Å²) in [6.07, 6.45) is 4.32. The van der Waals surface area contributed by atoms with E-state index in [4.69, 9.17) is 4.74 Å². The van der Waals surface area contributed by atoms with E-state index in [1.54, 1.807) is 7.11 Å². The number of carbonyl (C=O) groups excluding carboxylic acids is 1. The molecule has 1 amide bonds. The van der Waals surface area contributed by atoms with Gasteiger partial charge in [-0.2, -0.15) is 0 Å². The predicted molar refractivity (Wildman–Crippen MR) is 80.4 cm³/mol. The Hall–Kier alpha value is -1.65. The lowest BCUT2D eigenvalue weighted by Crippen LogP contribution is -2.49. The van der Waals surface area contributed by atoms with E-state index in [1.807, 2.05) is 23.1 Å². The first kappa shape index (κ1) is 14.8. The predicted octanol–water partition coefficient (Wildman–Crippen LogP) is 1.49. The highest BCUT2D eigenvalue weighted by Crippen LogP contribution is 2.04. The third-order valence-electron chi connectivity index (χ3n) is 3.47. The molecule has 0 bridgehead atoms. The molecule has 1 heterocycles. The number of piperazine rings is 1. The molecule has 1 saturated heterocycles. The van der Waals surface area contributed by atoms with Gasteiger partial charge in [0.05, 0.1) is 0 Å². The summed E-state index contributed by atoms with van der Waals surface area (Å²) in [5, 5.41) is 0. The number of hydrogen-bond donors (Lipinski definition) is 0. The first-order chi connectivity index (χ1) is 9.79. The van der Waals surface area contributed by atoms with Crippen LogP contribution in [-0.4, -0.2) is 62.1 Å². The normalized spacial score (nSPS) is 16.8. The van der Waals surface area contributed by atoms with Gasteiger partial charge in [0, 0.05) is 39.8 Å². The maximum absolute atomic E-state index is 11.7. The fourth-order valence-electron chi connectivity index (χ4n) is 2.30. The van der Waals surface area contributed by atoms with Crippen LogP contribution in [0.5, 0.6) is 0 Å². The van der Waals surface area contributed by atoms with Gasteiger partial charge in [0.15, 0.2) is 0 Å². The lowest BCUT2D eigenvalue weighted by Gasteiger charge is -2.34. The maximum atomic E-state index is 11.7. The molecule has 4 heteroatoms. The summed E-state index contributed by atoms with van der Waals surface area (Å²) in [5.41, 5.74) is 1.22. The van der Waals surface area contributed by atoms with Gasteiger partial charge in [0.25, 0.3) is 0 Å². The lowest BCUT2D eigenvalue weighted by molar-refractivity contribution is -0.136. The van der Waals surface area contributed by atoms with Crippen molar-refractivity contribution in [1.82, 2.24) is 9.80 Å². The SMILES string of the molecule is COCC(=O)N1CCN(C/C=C/c2ccccc2)CC1. The molecule has 1 aliphatic rings. The van der Waals surface area contributed by atoms with Crippen LogP contribution in [0, 0.1) is 0 Å². The molecule has 20 heavy (non-hydrogen) atoms. The van der Waals surface area contributed by atoms with Gasteiger partial charge in [-0.25, -0.2) is 0 Å². The Labute approximate surface area is 120 Å². The largest absolute Gasteiger partial charge is 0.375 e. The molecular weight excluding hydrogens is 252 g/mol. The van der Waals surface area contributed by atoms with Crippen LogP contribution in [0.25, 0.3) is 6.08 Å². The number of rotatable bonds is 5. The number of carbonyl (C=O) groups is 1. The third-order valence-corrected chi connectivity index (χ3v) is 3.47. The van der Waals surface area contributed by atoms with Crippen molar-refractivity contribution in [3.63, 3.8) is 0 Å². The molecular formula is C16H22N2O2. The molecule has 1 aliphatic heterocycles. The average molecular weight is 274 g/mol. The second-order valence-corrected chi connectivity index (χ2v) is 4.93. The van der Waals surface area contributed by atoms with Crippen molar-refractivity contribution in [3.8, 4) is 0 Å². The standard InChI is InChI=1S/C16H22N2O2/c1-20-14-16(19)18-12-10-17(11-13-18)9-5-8-15-6-3-2-4-7-15/h2-8H,9-14H2,1H3/b8-5+. The van der Waals surface area contributed by atoms with E-state index in [-0.39, 0.29) is 12.5 Å². The highest BCUT2D eigenvalue weighted by Gasteiger charge is 2.19. The van der Waals surface area contributed by atoms with Crippen molar-refractivity contribution in [2.75, 3.05) is 46.4 Å². The summed E-state index contributed by atoms with van der Waals surface area (Å²) in [5.74, 6) is 0.0898. The van der Waals surface area contributed by atoms with E-state index in [1.165, 1.54) is 5.56 Å². The Bertz CT molecular complexity index is 437. The Morgan fingerprint density at radius 1 is 1.20 bits per heavy atom. The zero-order valence-corrected chi connectivity index (χ0v) is 12.0. The number of nitrogens with zero attached hydrogens (tertiary/aromatic N) is 2. The molecule has 0 saturated carbocycles. The maximum Gasteiger partial charge on any atom is 0.248 e. The van der Waals surface area contributed by atoms with Crippen molar-refractivity contribution in [1.29, 1.82) is 0 Å². The van der Waals surface area contributed by atoms with Crippen molar-refractivity contribution < 1.29 is 9.53 Å². The number of amides is 1. The minimum Gasteiger partial charge on any atom is -0.375 e. The minimum atomic E-state index is 0.0898. The second-order valence-electron chi connectivity index (χ2n) is 4.93. The first-order valence-corrected chi connectivity index (χ1v) is 7.00. The number of hydrogen-bond acceptors (Lipinski definition) is 3. The summed E-state index contributed by atoms with van der Waals surface area (Å²) in [6, 6.07) is 10.3. The van der Waals surface area contributed by atoms with Crippen LogP contribution in [0.3, 0.4) is 0 Å². The van der Waals surface area contributed by atoms with Gasteiger partial charge in [0.1, 0.15) is 6.61 Å². The molecule has 108 valence electrons. The molecule has 0 unspecified atom stereocenters. The quantitative estimate of drug-likeness (QED) is 0.815. The summed E-state index contributed by atoms with van der Waals surface area (Å²) >= 11 is 0. The minimum absolute atomic E-state index is 0.0898. The van der Waals surface area contributed by atoms with E-state index in [0.717, 1.165) is 32.7 Å². The number of methoxy groups -OCH3 is 1. The molecule has 2 rings (SSSR count). The van der Waals surface area contributed by atoms with Crippen LogP contribution in [0.15, 0.2) is 36.4 Å². The van der Waals surface area contributed by atoms with Crippen LogP contribution in [0.4, 0.5) is 0 Å². The Morgan fingerprint density at radius 3 is 2.55 bits per heavy atom. The number of ether oxygens (including phenoxy) is 1. The van der Waals surface area contributed by atoms with Gasteiger partial charge >= 0.3 is 0 Å². The molecule has 1 aromatic rings. The molecule has 1 aromatic carbocycles. The van der Waals surface area contributed by atoms with Crippen molar-refractivity contribution in [2.45, 2.75) is 0 Å². The van der Waals surface area contributed by atoms with E-state index >= 15 is 0 Å². The van der Waals surface area contributed by atoms with Crippen LogP contribution in [0.1, 0.15) is 5.56 Å². The summed E-state index contributed by atoms with van der Waals surface area (Å²) < 4.78 is 4.88. The molecule has 0 aliphatic carbocycles. The molecule has 4 nitrogen and oxygen atoms in total. The smallest absolute Gasteiger partial charge is 0.248 e. The first-order valence-electron chi connectivity index (χ1n) is 7.00. The van der Waals surface area contributed by atoms with Gasteiger partial charge in [-0.05, 0) is 5.56 Å². The Balaban J connectivity index is 1.72. The average Bonchev–Trinajstić information content (AvgIpc) is 2.49. The zero-order chi connectivity index (χ0) is 14.2. The molecule has 0 spiro atoms. The fourth-order valence-corrected chi connectivity index (χ4v) is 2.30. The molecule has 0 aromatic heterocycles. The van der Waals surface area contributed by atoms with E-state index in [2.05, 4.69) is 29.2 Å². The second kappa shape index (κ2) is 7.82. The van der Waals surface area contributed by atoms with Crippen molar-refractivity contribution in [2.24, 2.45) is 0 Å². The monoisotopic (exact) mass is 274 g/mol. The van der Waals surface area contributed by atoms with Gasteiger partial charge in [-0.1, -0.05) is 42.5 Å². The summed E-state index contributed by atoms with van der Waals surface area (Å²) in [4.78, 5) is 15.9. The van der Waals surface area contributed by atoms with Gasteiger partial charge in [-0.15, -0.1) is 0 Å². The van der Waals surface area contributed by atoms with E-state index < -0.39 is 0 Å². The lowest BCUT2D eigenvalue weighted by atomic mass is 10.2. The van der Waals surface area contributed by atoms with Crippen LogP contribution in [-0.2, 0) is 9.53 Å². The summed E-state index contributed by atoms with van der Waals surface area (Å²) in [6.45, 7) is 4.56. The van der Waals surface area contributed by atoms with Gasteiger partial charge < -0.3 is 9.64 Å². The molecule has 1 fully saturated rings. The third kappa shape index (κ3) is 4.47. The molecule has 0 atom stereocenters.